The quantitative estimate of drug-likeness (QED) is 0.796. The van der Waals surface area contributed by atoms with Crippen LogP contribution in [0.1, 0.15) is 22.6 Å². The maximum atomic E-state index is 6.17. The summed E-state index contributed by atoms with van der Waals surface area (Å²) >= 11 is 9.59. The van der Waals surface area contributed by atoms with Crippen LogP contribution in [0.4, 0.5) is 0 Å². The Morgan fingerprint density at radius 2 is 2.11 bits per heavy atom. The van der Waals surface area contributed by atoms with Crippen LogP contribution < -0.4 is 4.74 Å². The predicted octanol–water partition coefficient (Wildman–Crippen LogP) is 3.56. The molecule has 0 aromatic carbocycles. The second-order valence-corrected chi connectivity index (χ2v) is 5.22. The molecule has 0 saturated heterocycles. The number of aryl methyl sites for hydroxylation is 3. The van der Waals surface area contributed by atoms with Gasteiger partial charge in [-0.1, -0.05) is 27.5 Å². The fourth-order valence-electron chi connectivity index (χ4n) is 1.81. The summed E-state index contributed by atoms with van der Waals surface area (Å²) in [6.45, 7) is 4.27. The first kappa shape index (κ1) is 14.3. The number of aromatic nitrogens is 3. The molecule has 0 saturated carbocycles. The molecule has 0 aliphatic heterocycles. The van der Waals surface area contributed by atoms with Crippen molar-refractivity contribution < 1.29 is 4.74 Å². The van der Waals surface area contributed by atoms with E-state index in [0.717, 1.165) is 28.4 Å². The third kappa shape index (κ3) is 3.09. The highest BCUT2D eigenvalue weighted by molar-refractivity contribution is 9.08. The average Bonchev–Trinajstić information content (AvgIpc) is 2.62. The van der Waals surface area contributed by atoms with Crippen LogP contribution in [0.2, 0.25) is 5.15 Å². The lowest BCUT2D eigenvalue weighted by Gasteiger charge is -2.10. The summed E-state index contributed by atoms with van der Waals surface area (Å²) in [5, 5.41) is 5.53. The second kappa shape index (κ2) is 5.92. The molecule has 0 amide bonds. The molecule has 0 spiro atoms. The summed E-state index contributed by atoms with van der Waals surface area (Å²) < 4.78 is 7.46. The van der Waals surface area contributed by atoms with Crippen molar-refractivity contribution >= 4 is 27.5 Å². The zero-order valence-corrected chi connectivity index (χ0v) is 13.4. The summed E-state index contributed by atoms with van der Waals surface area (Å²) in [5.74, 6) is 0.766. The van der Waals surface area contributed by atoms with Crippen LogP contribution in [-0.4, -0.2) is 14.8 Å². The minimum Gasteiger partial charge on any atom is -0.487 e. The van der Waals surface area contributed by atoms with Gasteiger partial charge in [-0.25, -0.2) is 0 Å². The Hall–Kier alpha value is -1.07. The second-order valence-electron chi connectivity index (χ2n) is 4.30. The van der Waals surface area contributed by atoms with E-state index in [1.807, 2.05) is 33.0 Å². The highest BCUT2D eigenvalue weighted by atomic mass is 79.9. The number of nitrogens with zero attached hydrogens (tertiary/aromatic N) is 3. The van der Waals surface area contributed by atoms with Gasteiger partial charge in [0, 0.05) is 23.6 Å². The van der Waals surface area contributed by atoms with Crippen molar-refractivity contribution in [2.45, 2.75) is 25.8 Å². The average molecular weight is 345 g/mol. The van der Waals surface area contributed by atoms with Gasteiger partial charge in [0.1, 0.15) is 17.5 Å². The lowest BCUT2D eigenvalue weighted by atomic mass is 10.2. The molecule has 0 N–H and O–H groups in total. The van der Waals surface area contributed by atoms with Crippen LogP contribution in [0.3, 0.4) is 0 Å². The Labute approximate surface area is 125 Å². The normalized spacial score (nSPS) is 10.8. The van der Waals surface area contributed by atoms with Gasteiger partial charge in [-0.05, 0) is 26.0 Å². The van der Waals surface area contributed by atoms with Gasteiger partial charge in [0.05, 0.1) is 11.4 Å². The summed E-state index contributed by atoms with van der Waals surface area (Å²) in [7, 11) is 1.82. The van der Waals surface area contributed by atoms with Gasteiger partial charge >= 0.3 is 0 Å². The third-order valence-electron chi connectivity index (χ3n) is 2.84. The van der Waals surface area contributed by atoms with Crippen molar-refractivity contribution in [3.8, 4) is 5.75 Å². The molecule has 0 unspecified atom stereocenters. The molecule has 2 aromatic rings. The SMILES string of the molecule is Cc1ccc(OCc2c(C)nn(C)c2Cl)c(CBr)n1. The van der Waals surface area contributed by atoms with Gasteiger partial charge in [0.2, 0.25) is 0 Å². The molecule has 0 aliphatic carbocycles. The molecular weight excluding hydrogens is 330 g/mol. The number of pyridine rings is 1. The number of hydrogen-bond acceptors (Lipinski definition) is 3. The Kier molecular flexibility index (Phi) is 4.47. The summed E-state index contributed by atoms with van der Waals surface area (Å²) in [6, 6.07) is 3.86. The Balaban J connectivity index is 2.19. The van der Waals surface area contributed by atoms with Crippen LogP contribution in [0.5, 0.6) is 5.75 Å². The fourth-order valence-corrected chi connectivity index (χ4v) is 2.44. The number of halogens is 2. The number of rotatable bonds is 4. The van der Waals surface area contributed by atoms with Gasteiger partial charge < -0.3 is 4.74 Å². The molecule has 0 bridgehead atoms. The predicted molar refractivity (Wildman–Crippen MR) is 78.9 cm³/mol. The molecule has 0 aliphatic rings. The van der Waals surface area contributed by atoms with Gasteiger partial charge in [-0.15, -0.1) is 0 Å². The van der Waals surface area contributed by atoms with E-state index in [4.69, 9.17) is 16.3 Å². The van der Waals surface area contributed by atoms with Crippen molar-refractivity contribution in [2.24, 2.45) is 7.05 Å². The van der Waals surface area contributed by atoms with E-state index in [1.165, 1.54) is 0 Å². The first-order chi connectivity index (χ1) is 9.02. The van der Waals surface area contributed by atoms with Crippen molar-refractivity contribution in [2.75, 3.05) is 0 Å². The van der Waals surface area contributed by atoms with Crippen molar-refractivity contribution in [3.05, 3.63) is 39.9 Å². The van der Waals surface area contributed by atoms with E-state index in [2.05, 4.69) is 26.0 Å². The third-order valence-corrected chi connectivity index (χ3v) is 3.84. The van der Waals surface area contributed by atoms with E-state index in [9.17, 15) is 0 Å². The van der Waals surface area contributed by atoms with E-state index < -0.39 is 0 Å². The number of alkyl halides is 1. The van der Waals surface area contributed by atoms with Gasteiger partial charge in [-0.3, -0.25) is 9.67 Å². The van der Waals surface area contributed by atoms with E-state index in [1.54, 1.807) is 4.68 Å². The number of ether oxygens (including phenoxy) is 1. The highest BCUT2D eigenvalue weighted by Gasteiger charge is 2.13. The van der Waals surface area contributed by atoms with Crippen molar-refractivity contribution in [1.82, 2.24) is 14.8 Å². The standard InChI is InChI=1S/C13H15BrClN3O/c1-8-4-5-12(11(6-14)16-8)19-7-10-9(2)17-18(3)13(10)15/h4-5H,6-7H2,1-3H3. The Bertz CT molecular complexity index is 598. The molecule has 6 heteroatoms. The molecule has 2 heterocycles. The topological polar surface area (TPSA) is 39.9 Å². The Morgan fingerprint density at radius 3 is 2.68 bits per heavy atom. The minimum absolute atomic E-state index is 0.392. The van der Waals surface area contributed by atoms with E-state index >= 15 is 0 Å². The molecule has 2 aromatic heterocycles. The molecule has 19 heavy (non-hydrogen) atoms. The van der Waals surface area contributed by atoms with Gasteiger partial charge in [0.25, 0.3) is 0 Å². The van der Waals surface area contributed by atoms with E-state index in [-0.39, 0.29) is 0 Å². The maximum Gasteiger partial charge on any atom is 0.142 e. The molecule has 2 rings (SSSR count). The zero-order chi connectivity index (χ0) is 14.0. The lowest BCUT2D eigenvalue weighted by Crippen LogP contribution is -2.01. The Morgan fingerprint density at radius 1 is 1.37 bits per heavy atom. The van der Waals surface area contributed by atoms with Crippen molar-refractivity contribution in [3.63, 3.8) is 0 Å². The summed E-state index contributed by atoms with van der Waals surface area (Å²) in [4.78, 5) is 4.43. The molecule has 102 valence electrons. The first-order valence-corrected chi connectivity index (χ1v) is 7.36. The van der Waals surface area contributed by atoms with Crippen LogP contribution in [-0.2, 0) is 19.0 Å². The maximum absolute atomic E-state index is 6.17. The lowest BCUT2D eigenvalue weighted by molar-refractivity contribution is 0.301. The minimum atomic E-state index is 0.392. The monoisotopic (exact) mass is 343 g/mol. The van der Waals surface area contributed by atoms with Crippen molar-refractivity contribution in [1.29, 1.82) is 0 Å². The van der Waals surface area contributed by atoms with E-state index in [0.29, 0.717) is 17.1 Å². The van der Waals surface area contributed by atoms with Gasteiger partial charge in [0.15, 0.2) is 0 Å². The smallest absolute Gasteiger partial charge is 0.142 e. The van der Waals surface area contributed by atoms with Crippen LogP contribution in [0.15, 0.2) is 12.1 Å². The van der Waals surface area contributed by atoms with Crippen LogP contribution in [0, 0.1) is 13.8 Å². The molecule has 0 radical (unpaired) electrons. The zero-order valence-electron chi connectivity index (χ0n) is 11.1. The molecular formula is C13H15BrClN3O. The number of hydrogen-bond donors (Lipinski definition) is 0. The first-order valence-electron chi connectivity index (χ1n) is 5.86. The van der Waals surface area contributed by atoms with Crippen LogP contribution in [0.25, 0.3) is 0 Å². The van der Waals surface area contributed by atoms with Gasteiger partial charge in [-0.2, -0.15) is 5.10 Å². The largest absolute Gasteiger partial charge is 0.487 e. The van der Waals surface area contributed by atoms with Crippen LogP contribution >= 0.6 is 27.5 Å². The highest BCUT2D eigenvalue weighted by Crippen LogP contribution is 2.24. The summed E-state index contributed by atoms with van der Waals surface area (Å²) in [6.07, 6.45) is 0. The molecule has 0 fully saturated rings. The molecule has 4 nitrogen and oxygen atoms in total. The summed E-state index contributed by atoms with van der Waals surface area (Å²) in [5.41, 5.74) is 3.65. The fraction of sp³-hybridized carbons (Fsp3) is 0.385. The molecule has 0 atom stereocenters.